The van der Waals surface area contributed by atoms with Gasteiger partial charge in [-0.1, -0.05) is 6.07 Å². The minimum atomic E-state index is -0.103. The van der Waals surface area contributed by atoms with E-state index in [1.807, 2.05) is 37.2 Å². The smallest absolute Gasteiger partial charge is 0.165 e. The van der Waals surface area contributed by atoms with E-state index in [0.717, 1.165) is 16.8 Å². The molecule has 0 aliphatic heterocycles. The van der Waals surface area contributed by atoms with Crippen LogP contribution in [0.3, 0.4) is 0 Å². The fourth-order valence-electron chi connectivity index (χ4n) is 1.81. The van der Waals surface area contributed by atoms with E-state index in [4.69, 9.17) is 5.73 Å². The van der Waals surface area contributed by atoms with Gasteiger partial charge in [-0.15, -0.1) is 0 Å². The highest BCUT2D eigenvalue weighted by Crippen LogP contribution is 2.31. The third-order valence-corrected chi connectivity index (χ3v) is 2.66. The largest absolute Gasteiger partial charge is 0.378 e. The number of carbonyl (C=O) groups excluding carboxylic acids is 1. The summed E-state index contributed by atoms with van der Waals surface area (Å²) in [6, 6.07) is 5.77. The number of nitrogens with zero attached hydrogens (tertiary/aromatic N) is 1. The van der Waals surface area contributed by atoms with Gasteiger partial charge in [0.15, 0.2) is 5.78 Å². The van der Waals surface area contributed by atoms with Crippen LogP contribution >= 0.6 is 0 Å². The predicted molar refractivity (Wildman–Crippen MR) is 56.6 cm³/mol. The SMILES string of the molecule is CN(C)c1ccc2c(c1)C(=O)C[C@H]2N. The average molecular weight is 190 g/mol. The fourth-order valence-corrected chi connectivity index (χ4v) is 1.81. The van der Waals surface area contributed by atoms with Gasteiger partial charge in [0.2, 0.25) is 0 Å². The Morgan fingerprint density at radius 1 is 1.43 bits per heavy atom. The Bertz CT molecular complexity index is 385. The molecule has 0 amide bonds. The molecule has 1 aromatic carbocycles. The topological polar surface area (TPSA) is 46.3 Å². The molecule has 1 aliphatic rings. The summed E-state index contributed by atoms with van der Waals surface area (Å²) >= 11 is 0. The number of ketones is 1. The fraction of sp³-hybridized carbons (Fsp3) is 0.364. The van der Waals surface area contributed by atoms with Gasteiger partial charge in [0.05, 0.1) is 0 Å². The van der Waals surface area contributed by atoms with E-state index in [1.54, 1.807) is 0 Å². The van der Waals surface area contributed by atoms with Gasteiger partial charge in [0, 0.05) is 37.8 Å². The van der Waals surface area contributed by atoms with Crippen molar-refractivity contribution in [3.05, 3.63) is 29.3 Å². The average Bonchev–Trinajstić information content (AvgIpc) is 2.42. The van der Waals surface area contributed by atoms with Crippen LogP contribution in [0.5, 0.6) is 0 Å². The number of carbonyl (C=O) groups is 1. The molecular formula is C11H14N2O. The van der Waals surface area contributed by atoms with Crippen LogP contribution in [-0.4, -0.2) is 19.9 Å². The highest BCUT2D eigenvalue weighted by Gasteiger charge is 2.26. The molecule has 0 saturated heterocycles. The predicted octanol–water partition coefficient (Wildman–Crippen LogP) is 1.34. The number of Topliss-reactive ketones (excluding diaryl/α,β-unsaturated/α-hetero) is 1. The molecule has 3 heteroatoms. The van der Waals surface area contributed by atoms with Crippen LogP contribution in [0, 0.1) is 0 Å². The number of hydrogen-bond donors (Lipinski definition) is 1. The first-order valence-electron chi connectivity index (χ1n) is 4.69. The molecule has 0 fully saturated rings. The maximum Gasteiger partial charge on any atom is 0.165 e. The quantitative estimate of drug-likeness (QED) is 0.727. The molecule has 0 radical (unpaired) electrons. The van der Waals surface area contributed by atoms with Gasteiger partial charge in [-0.25, -0.2) is 0 Å². The number of nitrogens with two attached hydrogens (primary N) is 1. The Hall–Kier alpha value is -1.35. The summed E-state index contributed by atoms with van der Waals surface area (Å²) in [5.74, 6) is 0.163. The summed E-state index contributed by atoms with van der Waals surface area (Å²) in [4.78, 5) is 13.5. The van der Waals surface area contributed by atoms with Crippen molar-refractivity contribution in [3.8, 4) is 0 Å². The van der Waals surface area contributed by atoms with Crippen molar-refractivity contribution in [1.29, 1.82) is 0 Å². The first kappa shape index (κ1) is 9.21. The van der Waals surface area contributed by atoms with E-state index >= 15 is 0 Å². The number of benzene rings is 1. The lowest BCUT2D eigenvalue weighted by atomic mass is 10.1. The van der Waals surface area contributed by atoms with E-state index in [1.165, 1.54) is 0 Å². The van der Waals surface area contributed by atoms with Crippen molar-refractivity contribution in [2.45, 2.75) is 12.5 Å². The Labute approximate surface area is 83.5 Å². The van der Waals surface area contributed by atoms with Crippen LogP contribution in [-0.2, 0) is 0 Å². The number of anilines is 1. The normalized spacial score (nSPS) is 19.6. The maximum atomic E-state index is 11.6. The van der Waals surface area contributed by atoms with Crippen molar-refractivity contribution < 1.29 is 4.79 Å². The van der Waals surface area contributed by atoms with Crippen molar-refractivity contribution in [1.82, 2.24) is 0 Å². The van der Waals surface area contributed by atoms with Crippen molar-refractivity contribution in [2.75, 3.05) is 19.0 Å². The lowest BCUT2D eigenvalue weighted by Crippen LogP contribution is -2.09. The summed E-state index contributed by atoms with van der Waals surface area (Å²) in [5.41, 5.74) is 8.66. The van der Waals surface area contributed by atoms with Gasteiger partial charge in [-0.05, 0) is 17.7 Å². The zero-order chi connectivity index (χ0) is 10.3. The molecule has 14 heavy (non-hydrogen) atoms. The van der Waals surface area contributed by atoms with E-state index in [0.29, 0.717) is 6.42 Å². The minimum Gasteiger partial charge on any atom is -0.378 e. The Morgan fingerprint density at radius 2 is 2.14 bits per heavy atom. The van der Waals surface area contributed by atoms with Crippen LogP contribution in [0.1, 0.15) is 28.4 Å². The Kier molecular flexibility index (Phi) is 2.04. The molecule has 1 atom stereocenters. The van der Waals surface area contributed by atoms with Crippen molar-refractivity contribution >= 4 is 11.5 Å². The molecule has 2 rings (SSSR count). The van der Waals surface area contributed by atoms with Gasteiger partial charge in [-0.2, -0.15) is 0 Å². The van der Waals surface area contributed by atoms with Gasteiger partial charge >= 0.3 is 0 Å². The van der Waals surface area contributed by atoms with Gasteiger partial charge < -0.3 is 10.6 Å². The molecule has 1 aromatic rings. The monoisotopic (exact) mass is 190 g/mol. The molecule has 0 aromatic heterocycles. The third kappa shape index (κ3) is 1.30. The second kappa shape index (κ2) is 3.10. The maximum absolute atomic E-state index is 11.6. The molecule has 74 valence electrons. The molecule has 0 heterocycles. The number of rotatable bonds is 1. The summed E-state index contributed by atoms with van der Waals surface area (Å²) in [6.45, 7) is 0. The first-order valence-corrected chi connectivity index (χ1v) is 4.69. The third-order valence-electron chi connectivity index (χ3n) is 2.66. The van der Waals surface area contributed by atoms with Crippen LogP contribution in [0.25, 0.3) is 0 Å². The lowest BCUT2D eigenvalue weighted by molar-refractivity contribution is 0.0989. The van der Waals surface area contributed by atoms with Crippen molar-refractivity contribution in [2.24, 2.45) is 5.73 Å². The van der Waals surface area contributed by atoms with Crippen LogP contribution in [0.2, 0.25) is 0 Å². The van der Waals surface area contributed by atoms with Gasteiger partial charge in [0.1, 0.15) is 0 Å². The zero-order valence-corrected chi connectivity index (χ0v) is 8.45. The zero-order valence-electron chi connectivity index (χ0n) is 8.45. The van der Waals surface area contributed by atoms with E-state index < -0.39 is 0 Å². The minimum absolute atomic E-state index is 0.103. The number of fused-ring (bicyclic) bond motifs is 1. The molecule has 0 bridgehead atoms. The number of hydrogen-bond acceptors (Lipinski definition) is 3. The van der Waals surface area contributed by atoms with Crippen molar-refractivity contribution in [3.63, 3.8) is 0 Å². The molecule has 2 N–H and O–H groups in total. The highest BCUT2D eigenvalue weighted by atomic mass is 16.1. The summed E-state index contributed by atoms with van der Waals surface area (Å²) in [6.07, 6.45) is 0.451. The molecule has 0 saturated carbocycles. The second-order valence-corrected chi connectivity index (χ2v) is 3.90. The van der Waals surface area contributed by atoms with Gasteiger partial charge in [-0.3, -0.25) is 4.79 Å². The Balaban J connectivity index is 2.50. The molecule has 1 aliphatic carbocycles. The highest BCUT2D eigenvalue weighted by molar-refractivity contribution is 6.02. The van der Waals surface area contributed by atoms with E-state index in [-0.39, 0.29) is 11.8 Å². The molecule has 3 nitrogen and oxygen atoms in total. The second-order valence-electron chi connectivity index (χ2n) is 3.90. The lowest BCUT2D eigenvalue weighted by Gasteiger charge is -2.13. The summed E-state index contributed by atoms with van der Waals surface area (Å²) in [5, 5.41) is 0. The van der Waals surface area contributed by atoms with Crippen LogP contribution < -0.4 is 10.6 Å². The van der Waals surface area contributed by atoms with Gasteiger partial charge in [0.25, 0.3) is 0 Å². The Morgan fingerprint density at radius 3 is 2.79 bits per heavy atom. The van der Waals surface area contributed by atoms with Crippen LogP contribution in [0.15, 0.2) is 18.2 Å². The summed E-state index contributed by atoms with van der Waals surface area (Å²) in [7, 11) is 3.92. The standard InChI is InChI=1S/C11H14N2O/c1-13(2)7-3-4-8-9(5-7)11(14)6-10(8)12/h3-5,10H,6,12H2,1-2H3/t10-/m1/s1. The first-order chi connectivity index (χ1) is 6.59. The molecule has 0 unspecified atom stereocenters. The molecule has 0 spiro atoms. The van der Waals surface area contributed by atoms with E-state index in [9.17, 15) is 4.79 Å². The summed E-state index contributed by atoms with van der Waals surface area (Å²) < 4.78 is 0. The van der Waals surface area contributed by atoms with Crippen LogP contribution in [0.4, 0.5) is 5.69 Å². The molecular weight excluding hydrogens is 176 g/mol. The van der Waals surface area contributed by atoms with E-state index in [2.05, 4.69) is 0 Å².